The van der Waals surface area contributed by atoms with Crippen LogP contribution in [0.4, 0.5) is 5.69 Å². The Morgan fingerprint density at radius 3 is 2.58 bits per heavy atom. The lowest BCUT2D eigenvalue weighted by Gasteiger charge is -2.21. The molecule has 1 N–H and O–H groups in total. The third-order valence-electron chi connectivity index (χ3n) is 5.45. The molecule has 26 heavy (non-hydrogen) atoms. The van der Waals surface area contributed by atoms with Crippen LogP contribution in [-0.2, 0) is 9.59 Å². The van der Waals surface area contributed by atoms with E-state index in [2.05, 4.69) is 5.32 Å². The van der Waals surface area contributed by atoms with Crippen molar-refractivity contribution in [3.05, 3.63) is 24.3 Å². The first-order valence-corrected chi connectivity index (χ1v) is 9.95. The molecule has 142 valence electrons. The summed E-state index contributed by atoms with van der Waals surface area (Å²) in [6, 6.07) is 7.64. The standard InChI is InChI=1S/C21H30N2O3/c1-2-26-19-10-8-18(9-11-19)23-15-17(13-21(23)25)14-22-20(24)12-16-6-4-3-5-7-16/h8-11,16-17H,2-7,12-15H2,1H3,(H,22,24). The van der Waals surface area contributed by atoms with Gasteiger partial charge in [-0.1, -0.05) is 19.3 Å². The van der Waals surface area contributed by atoms with Gasteiger partial charge in [-0.05, 0) is 49.9 Å². The molecule has 1 aromatic rings. The fraction of sp³-hybridized carbons (Fsp3) is 0.619. The van der Waals surface area contributed by atoms with E-state index in [0.717, 1.165) is 11.4 Å². The van der Waals surface area contributed by atoms with Gasteiger partial charge in [-0.25, -0.2) is 0 Å². The van der Waals surface area contributed by atoms with Gasteiger partial charge >= 0.3 is 0 Å². The maximum absolute atomic E-state index is 12.3. The first-order chi connectivity index (χ1) is 12.7. The summed E-state index contributed by atoms with van der Waals surface area (Å²) in [4.78, 5) is 26.3. The van der Waals surface area contributed by atoms with Gasteiger partial charge < -0.3 is 15.0 Å². The maximum atomic E-state index is 12.3. The zero-order valence-electron chi connectivity index (χ0n) is 15.7. The molecule has 0 bridgehead atoms. The van der Waals surface area contributed by atoms with Crippen LogP contribution in [0.2, 0.25) is 0 Å². The third-order valence-corrected chi connectivity index (χ3v) is 5.45. The van der Waals surface area contributed by atoms with Crippen LogP contribution in [0.1, 0.15) is 51.9 Å². The average molecular weight is 358 g/mol. The predicted molar refractivity (Wildman–Crippen MR) is 102 cm³/mol. The van der Waals surface area contributed by atoms with E-state index in [1.54, 1.807) is 0 Å². The molecule has 0 radical (unpaired) electrons. The summed E-state index contributed by atoms with van der Waals surface area (Å²) in [5, 5.41) is 3.05. The summed E-state index contributed by atoms with van der Waals surface area (Å²) in [6.07, 6.45) is 7.32. The zero-order chi connectivity index (χ0) is 18.4. The number of rotatable bonds is 7. The topological polar surface area (TPSA) is 58.6 Å². The molecular formula is C21H30N2O3. The summed E-state index contributed by atoms with van der Waals surface area (Å²) in [5.74, 6) is 1.82. The molecule has 5 nitrogen and oxygen atoms in total. The van der Waals surface area contributed by atoms with Gasteiger partial charge in [0.25, 0.3) is 0 Å². The molecule has 1 aromatic carbocycles. The van der Waals surface area contributed by atoms with Gasteiger partial charge in [-0.2, -0.15) is 0 Å². The Kier molecular flexibility index (Phi) is 6.53. The molecular weight excluding hydrogens is 328 g/mol. The Morgan fingerprint density at radius 2 is 1.88 bits per heavy atom. The molecule has 1 atom stereocenters. The molecule has 1 heterocycles. The van der Waals surface area contributed by atoms with Crippen LogP contribution in [0.25, 0.3) is 0 Å². The van der Waals surface area contributed by atoms with E-state index in [4.69, 9.17) is 4.74 Å². The van der Waals surface area contributed by atoms with Crippen molar-refractivity contribution < 1.29 is 14.3 Å². The van der Waals surface area contributed by atoms with Crippen molar-refractivity contribution in [1.82, 2.24) is 5.32 Å². The van der Waals surface area contributed by atoms with E-state index in [0.29, 0.717) is 38.5 Å². The van der Waals surface area contributed by atoms with Gasteiger partial charge in [-0.15, -0.1) is 0 Å². The van der Waals surface area contributed by atoms with Gasteiger partial charge in [0, 0.05) is 37.5 Å². The van der Waals surface area contributed by atoms with Crippen molar-refractivity contribution >= 4 is 17.5 Å². The van der Waals surface area contributed by atoms with Crippen molar-refractivity contribution in [3.8, 4) is 5.75 Å². The van der Waals surface area contributed by atoms with E-state index in [9.17, 15) is 9.59 Å². The normalized spacial score (nSPS) is 21.0. The number of carbonyl (C=O) groups is 2. The summed E-state index contributed by atoms with van der Waals surface area (Å²) in [6.45, 7) is 3.83. The van der Waals surface area contributed by atoms with Crippen LogP contribution in [0.15, 0.2) is 24.3 Å². The molecule has 2 aliphatic rings. The van der Waals surface area contributed by atoms with Gasteiger partial charge in [0.05, 0.1) is 6.61 Å². The Labute approximate surface area is 156 Å². The molecule has 1 saturated carbocycles. The predicted octanol–water partition coefficient (Wildman–Crippen LogP) is 3.52. The quantitative estimate of drug-likeness (QED) is 0.811. The third kappa shape index (κ3) is 4.99. The largest absolute Gasteiger partial charge is 0.494 e. The Hall–Kier alpha value is -2.04. The van der Waals surface area contributed by atoms with Crippen LogP contribution in [0.3, 0.4) is 0 Å². The van der Waals surface area contributed by atoms with Gasteiger partial charge in [0.15, 0.2) is 0 Å². The maximum Gasteiger partial charge on any atom is 0.227 e. The highest BCUT2D eigenvalue weighted by Gasteiger charge is 2.31. The fourth-order valence-electron chi connectivity index (χ4n) is 4.04. The summed E-state index contributed by atoms with van der Waals surface area (Å²) in [5.41, 5.74) is 0.898. The molecule has 1 aliphatic heterocycles. The SMILES string of the molecule is CCOc1ccc(N2CC(CNC(=O)CC3CCCCC3)CC2=O)cc1. The van der Waals surface area contributed by atoms with Gasteiger partial charge in [0.1, 0.15) is 5.75 Å². The van der Waals surface area contributed by atoms with Crippen molar-refractivity contribution in [2.24, 2.45) is 11.8 Å². The van der Waals surface area contributed by atoms with Crippen LogP contribution >= 0.6 is 0 Å². The number of nitrogens with zero attached hydrogens (tertiary/aromatic N) is 1. The molecule has 1 unspecified atom stereocenters. The first kappa shape index (κ1) is 18.7. The lowest BCUT2D eigenvalue weighted by molar-refractivity contribution is -0.122. The number of amides is 2. The van der Waals surface area contributed by atoms with Gasteiger partial charge in [0.2, 0.25) is 11.8 Å². The second-order valence-electron chi connectivity index (χ2n) is 7.51. The van der Waals surface area contributed by atoms with Crippen molar-refractivity contribution in [1.29, 1.82) is 0 Å². The Morgan fingerprint density at radius 1 is 1.15 bits per heavy atom. The molecule has 0 spiro atoms. The van der Waals surface area contributed by atoms with Crippen molar-refractivity contribution in [2.45, 2.75) is 51.9 Å². The average Bonchev–Trinajstić information content (AvgIpc) is 3.03. The number of nitrogens with one attached hydrogen (secondary N) is 1. The highest BCUT2D eigenvalue weighted by Crippen LogP contribution is 2.28. The Balaban J connectivity index is 1.45. The molecule has 2 fully saturated rings. The van der Waals surface area contributed by atoms with E-state index >= 15 is 0 Å². The van der Waals surface area contributed by atoms with Gasteiger partial charge in [-0.3, -0.25) is 9.59 Å². The van der Waals surface area contributed by atoms with Crippen LogP contribution in [-0.4, -0.2) is 31.5 Å². The van der Waals surface area contributed by atoms with Crippen LogP contribution in [0, 0.1) is 11.8 Å². The highest BCUT2D eigenvalue weighted by molar-refractivity contribution is 5.95. The number of anilines is 1. The van der Waals surface area contributed by atoms with Crippen molar-refractivity contribution in [2.75, 3.05) is 24.6 Å². The fourth-order valence-corrected chi connectivity index (χ4v) is 4.04. The van der Waals surface area contributed by atoms with Crippen molar-refractivity contribution in [3.63, 3.8) is 0 Å². The lowest BCUT2D eigenvalue weighted by atomic mass is 9.87. The summed E-state index contributed by atoms with van der Waals surface area (Å²) >= 11 is 0. The second-order valence-corrected chi connectivity index (χ2v) is 7.51. The van der Waals surface area contributed by atoms with Crippen LogP contribution < -0.4 is 15.0 Å². The number of benzene rings is 1. The Bertz CT molecular complexity index is 608. The molecule has 1 aliphatic carbocycles. The minimum absolute atomic E-state index is 0.126. The number of hydrogen-bond acceptors (Lipinski definition) is 3. The smallest absolute Gasteiger partial charge is 0.227 e. The highest BCUT2D eigenvalue weighted by atomic mass is 16.5. The molecule has 0 aromatic heterocycles. The van der Waals surface area contributed by atoms with E-state index in [1.165, 1.54) is 32.1 Å². The van der Waals surface area contributed by atoms with E-state index in [1.807, 2.05) is 36.1 Å². The molecule has 2 amide bonds. The lowest BCUT2D eigenvalue weighted by Crippen LogP contribution is -2.32. The minimum atomic E-state index is 0.126. The monoisotopic (exact) mass is 358 g/mol. The summed E-state index contributed by atoms with van der Waals surface area (Å²) < 4.78 is 5.45. The second kappa shape index (κ2) is 9.06. The number of carbonyl (C=O) groups excluding carboxylic acids is 2. The number of ether oxygens (including phenoxy) is 1. The van der Waals surface area contributed by atoms with E-state index < -0.39 is 0 Å². The zero-order valence-corrected chi connectivity index (χ0v) is 15.7. The van der Waals surface area contributed by atoms with E-state index in [-0.39, 0.29) is 17.7 Å². The minimum Gasteiger partial charge on any atom is -0.494 e. The molecule has 3 rings (SSSR count). The molecule has 1 saturated heterocycles. The van der Waals surface area contributed by atoms with Crippen LogP contribution in [0.5, 0.6) is 5.75 Å². The summed E-state index contributed by atoms with van der Waals surface area (Å²) in [7, 11) is 0. The number of hydrogen-bond donors (Lipinski definition) is 1. The molecule has 5 heteroatoms. The first-order valence-electron chi connectivity index (χ1n) is 9.95.